The summed E-state index contributed by atoms with van der Waals surface area (Å²) in [4.78, 5) is 30.9. The molecule has 3 heterocycles. The van der Waals surface area contributed by atoms with Crippen molar-refractivity contribution in [3.8, 4) is 11.4 Å². The first-order chi connectivity index (χ1) is 13.6. The Balaban J connectivity index is 1.46. The molecule has 2 amide bonds. The van der Waals surface area contributed by atoms with Crippen molar-refractivity contribution in [2.45, 2.75) is 25.7 Å². The molecule has 7 nitrogen and oxygen atoms in total. The number of hydrogen-bond donors (Lipinski definition) is 1. The number of nitrogens with one attached hydrogen (secondary N) is 1. The van der Waals surface area contributed by atoms with E-state index in [1.807, 2.05) is 34.5 Å². The molecule has 1 aliphatic heterocycles. The van der Waals surface area contributed by atoms with E-state index in [9.17, 15) is 9.59 Å². The number of carbonyl (C=O) groups is 2. The highest BCUT2D eigenvalue weighted by atomic mass is 32.1. The maximum absolute atomic E-state index is 12.6. The van der Waals surface area contributed by atoms with Crippen LogP contribution in [-0.2, 0) is 4.79 Å². The molecule has 1 saturated heterocycles. The molecule has 0 spiro atoms. The van der Waals surface area contributed by atoms with Gasteiger partial charge in [0.2, 0.25) is 17.6 Å². The van der Waals surface area contributed by atoms with E-state index in [-0.39, 0.29) is 17.7 Å². The lowest BCUT2D eigenvalue weighted by Gasteiger charge is -2.30. The number of carbonyl (C=O) groups excluding carboxylic acids is 2. The Morgan fingerprint density at radius 1 is 1.25 bits per heavy atom. The molecule has 1 N–H and O–H groups in total. The summed E-state index contributed by atoms with van der Waals surface area (Å²) in [5.74, 6) is 1.05. The molecule has 0 unspecified atom stereocenters. The molecule has 1 aliphatic rings. The fraction of sp³-hybridized carbons (Fsp3) is 0.300. The Hall–Kier alpha value is -3.00. The van der Waals surface area contributed by atoms with Crippen LogP contribution in [0.1, 0.15) is 41.2 Å². The van der Waals surface area contributed by atoms with E-state index in [2.05, 4.69) is 15.5 Å². The molecule has 1 aromatic carbocycles. The molecule has 144 valence electrons. The third kappa shape index (κ3) is 3.96. The van der Waals surface area contributed by atoms with Gasteiger partial charge in [-0.3, -0.25) is 9.59 Å². The molecule has 8 heteroatoms. The number of piperidine rings is 1. The number of nitrogens with zero attached hydrogens (tertiary/aromatic N) is 3. The van der Waals surface area contributed by atoms with Gasteiger partial charge in [0.05, 0.1) is 10.8 Å². The summed E-state index contributed by atoms with van der Waals surface area (Å²) in [5, 5.41) is 8.74. The van der Waals surface area contributed by atoms with E-state index in [4.69, 9.17) is 4.52 Å². The first-order valence-electron chi connectivity index (χ1n) is 9.14. The van der Waals surface area contributed by atoms with Gasteiger partial charge in [0.25, 0.3) is 5.91 Å². The summed E-state index contributed by atoms with van der Waals surface area (Å²) in [7, 11) is 0. The van der Waals surface area contributed by atoms with Gasteiger partial charge in [-0.25, -0.2) is 0 Å². The normalized spacial score (nSPS) is 16.8. The predicted molar refractivity (Wildman–Crippen MR) is 106 cm³/mol. The van der Waals surface area contributed by atoms with Crippen LogP contribution in [0.2, 0.25) is 0 Å². The second-order valence-electron chi connectivity index (χ2n) is 6.78. The summed E-state index contributed by atoms with van der Waals surface area (Å²) >= 11 is 1.46. The van der Waals surface area contributed by atoms with Crippen molar-refractivity contribution in [1.82, 2.24) is 15.0 Å². The quantitative estimate of drug-likeness (QED) is 0.725. The van der Waals surface area contributed by atoms with Crippen LogP contribution in [0.15, 0.2) is 46.3 Å². The lowest BCUT2D eigenvalue weighted by molar-refractivity contribution is -0.114. The van der Waals surface area contributed by atoms with Gasteiger partial charge >= 0.3 is 0 Å². The molecular formula is C20H20N4O3S. The fourth-order valence-electron chi connectivity index (χ4n) is 3.34. The SMILES string of the molecule is CC(=O)Nc1ccc(-c2noc([C@H]3CCCN(C(=O)c4cccs4)C3)n2)cc1. The average molecular weight is 396 g/mol. The molecule has 3 aromatic rings. The minimum absolute atomic E-state index is 0.0394. The highest BCUT2D eigenvalue weighted by Crippen LogP contribution is 2.29. The smallest absolute Gasteiger partial charge is 0.263 e. The molecular weight excluding hydrogens is 376 g/mol. The van der Waals surface area contributed by atoms with Crippen molar-refractivity contribution >= 4 is 28.8 Å². The molecule has 0 bridgehead atoms. The minimum atomic E-state index is -0.117. The van der Waals surface area contributed by atoms with Crippen LogP contribution in [0.4, 0.5) is 5.69 Å². The molecule has 1 atom stereocenters. The zero-order valence-corrected chi connectivity index (χ0v) is 16.2. The predicted octanol–water partition coefficient (Wildman–Crippen LogP) is 3.78. The van der Waals surface area contributed by atoms with Crippen LogP contribution in [0, 0.1) is 0 Å². The van der Waals surface area contributed by atoms with E-state index < -0.39 is 0 Å². The lowest BCUT2D eigenvalue weighted by atomic mass is 9.98. The van der Waals surface area contributed by atoms with Crippen molar-refractivity contribution in [3.05, 3.63) is 52.5 Å². The number of benzene rings is 1. The van der Waals surface area contributed by atoms with Crippen molar-refractivity contribution in [2.75, 3.05) is 18.4 Å². The number of thiophene rings is 1. The third-order valence-corrected chi connectivity index (χ3v) is 5.55. The van der Waals surface area contributed by atoms with Crippen molar-refractivity contribution in [3.63, 3.8) is 0 Å². The number of anilines is 1. The third-order valence-electron chi connectivity index (χ3n) is 4.70. The highest BCUT2D eigenvalue weighted by molar-refractivity contribution is 7.12. The number of aromatic nitrogens is 2. The van der Waals surface area contributed by atoms with E-state index in [1.54, 1.807) is 12.1 Å². The van der Waals surface area contributed by atoms with Crippen LogP contribution < -0.4 is 5.32 Å². The Morgan fingerprint density at radius 2 is 2.07 bits per heavy atom. The number of likely N-dealkylation sites (tertiary alicyclic amines) is 1. The Morgan fingerprint density at radius 3 is 2.79 bits per heavy atom. The summed E-state index contributed by atoms with van der Waals surface area (Å²) in [6, 6.07) is 11.0. The monoisotopic (exact) mass is 396 g/mol. The number of hydrogen-bond acceptors (Lipinski definition) is 6. The molecule has 0 radical (unpaired) electrons. The van der Waals surface area contributed by atoms with Crippen molar-refractivity contribution in [1.29, 1.82) is 0 Å². The largest absolute Gasteiger partial charge is 0.339 e. The molecule has 1 fully saturated rings. The topological polar surface area (TPSA) is 88.3 Å². The van der Waals surface area contributed by atoms with Gasteiger partial charge in [-0.15, -0.1) is 11.3 Å². The average Bonchev–Trinajstić information content (AvgIpc) is 3.40. The summed E-state index contributed by atoms with van der Waals surface area (Å²) in [6.07, 6.45) is 1.82. The zero-order valence-electron chi connectivity index (χ0n) is 15.4. The zero-order chi connectivity index (χ0) is 19.5. The fourth-order valence-corrected chi connectivity index (χ4v) is 4.03. The summed E-state index contributed by atoms with van der Waals surface area (Å²) in [6.45, 7) is 2.80. The Kier molecular flexibility index (Phi) is 5.21. The lowest BCUT2D eigenvalue weighted by Crippen LogP contribution is -2.38. The molecule has 4 rings (SSSR count). The molecule has 28 heavy (non-hydrogen) atoms. The van der Waals surface area contributed by atoms with Gasteiger partial charge in [0, 0.05) is 31.3 Å². The van der Waals surface area contributed by atoms with Crippen LogP contribution >= 0.6 is 11.3 Å². The maximum Gasteiger partial charge on any atom is 0.263 e. The highest BCUT2D eigenvalue weighted by Gasteiger charge is 2.29. The number of rotatable bonds is 4. The van der Waals surface area contributed by atoms with Gasteiger partial charge in [-0.2, -0.15) is 4.98 Å². The summed E-state index contributed by atoms with van der Waals surface area (Å²) in [5.41, 5.74) is 1.53. The van der Waals surface area contributed by atoms with E-state index in [0.29, 0.717) is 18.3 Å². The maximum atomic E-state index is 12.6. The van der Waals surface area contributed by atoms with Crippen LogP contribution in [0.3, 0.4) is 0 Å². The molecule has 0 aliphatic carbocycles. The standard InChI is InChI=1S/C20H20N4O3S/c1-13(25)21-16-8-6-14(7-9-16)18-22-19(27-23-18)15-4-2-10-24(12-15)20(26)17-5-3-11-28-17/h3,5-9,11,15H,2,4,10,12H2,1H3,(H,21,25)/t15-/m0/s1. The van der Waals surface area contributed by atoms with E-state index in [1.165, 1.54) is 18.3 Å². The van der Waals surface area contributed by atoms with Gasteiger partial charge in [0.15, 0.2) is 0 Å². The van der Waals surface area contributed by atoms with Gasteiger partial charge in [-0.1, -0.05) is 11.2 Å². The Labute approximate surface area is 166 Å². The van der Waals surface area contributed by atoms with Crippen LogP contribution in [0.5, 0.6) is 0 Å². The first kappa shape index (κ1) is 18.4. The van der Waals surface area contributed by atoms with Crippen molar-refractivity contribution < 1.29 is 14.1 Å². The number of amides is 2. The second-order valence-corrected chi connectivity index (χ2v) is 7.73. The van der Waals surface area contributed by atoms with Crippen LogP contribution in [0.25, 0.3) is 11.4 Å². The van der Waals surface area contributed by atoms with E-state index in [0.717, 1.165) is 35.5 Å². The van der Waals surface area contributed by atoms with Gasteiger partial charge < -0.3 is 14.7 Å². The van der Waals surface area contributed by atoms with E-state index >= 15 is 0 Å². The second kappa shape index (κ2) is 7.93. The van der Waals surface area contributed by atoms with Gasteiger partial charge in [-0.05, 0) is 48.6 Å². The van der Waals surface area contributed by atoms with Crippen molar-refractivity contribution in [2.24, 2.45) is 0 Å². The molecule has 0 saturated carbocycles. The van der Waals surface area contributed by atoms with Gasteiger partial charge in [0.1, 0.15) is 0 Å². The summed E-state index contributed by atoms with van der Waals surface area (Å²) < 4.78 is 5.51. The first-order valence-corrected chi connectivity index (χ1v) is 10.0. The Bertz CT molecular complexity index is 966. The minimum Gasteiger partial charge on any atom is -0.339 e. The molecule has 2 aromatic heterocycles. The van der Waals surface area contributed by atoms with Crippen LogP contribution in [-0.4, -0.2) is 39.9 Å².